The number of amides is 1. The Labute approximate surface area is 154 Å². The van der Waals surface area contributed by atoms with Crippen molar-refractivity contribution in [1.82, 2.24) is 10.3 Å². The number of ether oxygens (including phenoxy) is 2. The monoisotopic (exact) mass is 355 g/mol. The van der Waals surface area contributed by atoms with Gasteiger partial charge in [-0.3, -0.25) is 4.79 Å². The van der Waals surface area contributed by atoms with Crippen LogP contribution in [-0.4, -0.2) is 38.2 Å². The zero-order chi connectivity index (χ0) is 18.4. The summed E-state index contributed by atoms with van der Waals surface area (Å²) in [6, 6.07) is 9.26. The molecule has 6 heteroatoms. The first-order chi connectivity index (χ1) is 12.7. The lowest BCUT2D eigenvalue weighted by atomic mass is 10.1. The Hall–Kier alpha value is -2.76. The van der Waals surface area contributed by atoms with Gasteiger partial charge in [0.1, 0.15) is 5.82 Å². The number of nitrogens with one attached hydrogen (secondary N) is 1. The van der Waals surface area contributed by atoms with Crippen LogP contribution in [0.3, 0.4) is 0 Å². The summed E-state index contributed by atoms with van der Waals surface area (Å²) < 4.78 is 10.6. The molecule has 1 aliphatic heterocycles. The summed E-state index contributed by atoms with van der Waals surface area (Å²) in [4.78, 5) is 19.4. The van der Waals surface area contributed by atoms with Crippen LogP contribution in [-0.2, 0) is 6.54 Å². The Kier molecular flexibility index (Phi) is 5.94. The highest BCUT2D eigenvalue weighted by molar-refractivity contribution is 5.98. The van der Waals surface area contributed by atoms with Crippen molar-refractivity contribution >= 4 is 11.7 Å². The van der Waals surface area contributed by atoms with E-state index in [2.05, 4.69) is 15.2 Å². The number of carbonyl (C=O) groups excluding carboxylic acids is 1. The molecule has 0 saturated carbocycles. The molecule has 1 aromatic heterocycles. The molecule has 1 saturated heterocycles. The molecule has 1 aliphatic rings. The van der Waals surface area contributed by atoms with E-state index in [1.165, 1.54) is 6.42 Å². The van der Waals surface area contributed by atoms with Gasteiger partial charge in [-0.05, 0) is 49.1 Å². The molecule has 1 amide bonds. The topological polar surface area (TPSA) is 63.7 Å². The van der Waals surface area contributed by atoms with Gasteiger partial charge in [0.05, 0.1) is 19.8 Å². The van der Waals surface area contributed by atoms with Crippen molar-refractivity contribution in [2.75, 3.05) is 32.2 Å². The van der Waals surface area contributed by atoms with E-state index in [0.29, 0.717) is 23.6 Å². The van der Waals surface area contributed by atoms with Crippen LogP contribution in [0.4, 0.5) is 5.82 Å². The van der Waals surface area contributed by atoms with E-state index in [9.17, 15) is 4.79 Å². The quantitative estimate of drug-likeness (QED) is 0.863. The number of anilines is 1. The summed E-state index contributed by atoms with van der Waals surface area (Å²) in [7, 11) is 3.20. The number of carbonyl (C=O) groups is 1. The molecule has 1 N–H and O–H groups in total. The Morgan fingerprint density at radius 2 is 1.88 bits per heavy atom. The fourth-order valence-corrected chi connectivity index (χ4v) is 3.20. The van der Waals surface area contributed by atoms with Crippen molar-refractivity contribution in [2.45, 2.75) is 25.8 Å². The molecule has 1 aromatic carbocycles. The van der Waals surface area contributed by atoms with E-state index >= 15 is 0 Å². The van der Waals surface area contributed by atoms with E-state index in [1.54, 1.807) is 26.5 Å². The highest BCUT2D eigenvalue weighted by atomic mass is 16.5. The lowest BCUT2D eigenvalue weighted by Crippen LogP contribution is -2.33. The van der Waals surface area contributed by atoms with Crippen LogP contribution in [0.2, 0.25) is 0 Å². The second-order valence-electron chi connectivity index (χ2n) is 6.29. The second-order valence-corrected chi connectivity index (χ2v) is 6.29. The Morgan fingerprint density at radius 1 is 1.12 bits per heavy atom. The molecule has 0 atom stereocenters. The Balaban J connectivity index is 1.71. The third kappa shape index (κ3) is 4.07. The summed E-state index contributed by atoms with van der Waals surface area (Å²) in [5.41, 5.74) is 1.56. The van der Waals surface area contributed by atoms with Crippen molar-refractivity contribution in [1.29, 1.82) is 0 Å². The first kappa shape index (κ1) is 18.0. The number of hydrogen-bond acceptors (Lipinski definition) is 5. The minimum atomic E-state index is -0.117. The first-order valence-electron chi connectivity index (χ1n) is 8.92. The highest BCUT2D eigenvalue weighted by Gasteiger charge is 2.19. The minimum absolute atomic E-state index is 0.117. The van der Waals surface area contributed by atoms with Gasteiger partial charge < -0.3 is 19.7 Å². The number of methoxy groups -OCH3 is 2. The number of piperidine rings is 1. The van der Waals surface area contributed by atoms with Gasteiger partial charge in [0.25, 0.3) is 5.91 Å². The van der Waals surface area contributed by atoms with Gasteiger partial charge in [-0.25, -0.2) is 4.98 Å². The predicted molar refractivity (Wildman–Crippen MR) is 101 cm³/mol. The fourth-order valence-electron chi connectivity index (χ4n) is 3.20. The molecule has 2 aromatic rings. The average Bonchev–Trinajstić information content (AvgIpc) is 2.72. The Bertz CT molecular complexity index is 758. The van der Waals surface area contributed by atoms with Gasteiger partial charge in [-0.15, -0.1) is 0 Å². The summed E-state index contributed by atoms with van der Waals surface area (Å²) in [5.74, 6) is 1.97. The molecule has 0 unspecified atom stereocenters. The van der Waals surface area contributed by atoms with Gasteiger partial charge in [0.2, 0.25) is 0 Å². The number of benzene rings is 1. The molecular formula is C20H25N3O3. The molecule has 1 fully saturated rings. The molecule has 0 spiro atoms. The van der Waals surface area contributed by atoms with E-state index in [0.717, 1.165) is 37.3 Å². The summed E-state index contributed by atoms with van der Waals surface area (Å²) in [6.07, 6.45) is 5.27. The maximum absolute atomic E-state index is 12.7. The maximum atomic E-state index is 12.7. The van der Waals surface area contributed by atoms with Gasteiger partial charge >= 0.3 is 0 Å². The zero-order valence-electron chi connectivity index (χ0n) is 15.3. The SMILES string of the molecule is COc1ccc(CNC(=O)c2cccnc2N2CCCCC2)cc1OC. The van der Waals surface area contributed by atoms with Crippen LogP contribution in [0, 0.1) is 0 Å². The lowest BCUT2D eigenvalue weighted by molar-refractivity contribution is 0.0951. The van der Waals surface area contributed by atoms with Gasteiger partial charge in [0, 0.05) is 25.8 Å². The van der Waals surface area contributed by atoms with Crippen molar-refractivity contribution < 1.29 is 14.3 Å². The third-order valence-electron chi connectivity index (χ3n) is 4.59. The van der Waals surface area contributed by atoms with E-state index in [1.807, 2.05) is 24.3 Å². The van der Waals surface area contributed by atoms with Gasteiger partial charge in [-0.2, -0.15) is 0 Å². The van der Waals surface area contributed by atoms with Crippen molar-refractivity contribution in [2.24, 2.45) is 0 Å². The molecule has 26 heavy (non-hydrogen) atoms. The summed E-state index contributed by atoms with van der Waals surface area (Å²) >= 11 is 0. The molecule has 0 radical (unpaired) electrons. The number of rotatable bonds is 6. The maximum Gasteiger partial charge on any atom is 0.255 e. The first-order valence-corrected chi connectivity index (χ1v) is 8.92. The van der Waals surface area contributed by atoms with Gasteiger partial charge in [0.15, 0.2) is 11.5 Å². The predicted octanol–water partition coefficient (Wildman–Crippen LogP) is 3.02. The lowest BCUT2D eigenvalue weighted by Gasteiger charge is -2.29. The van der Waals surface area contributed by atoms with Crippen LogP contribution >= 0.6 is 0 Å². The van der Waals surface area contributed by atoms with Gasteiger partial charge in [-0.1, -0.05) is 6.07 Å². The molecule has 0 bridgehead atoms. The van der Waals surface area contributed by atoms with Crippen LogP contribution in [0.15, 0.2) is 36.5 Å². The summed E-state index contributed by atoms with van der Waals surface area (Å²) in [6.45, 7) is 2.31. The van der Waals surface area contributed by atoms with Crippen LogP contribution in [0.5, 0.6) is 11.5 Å². The minimum Gasteiger partial charge on any atom is -0.493 e. The number of pyridine rings is 1. The fraction of sp³-hybridized carbons (Fsp3) is 0.400. The normalized spacial score (nSPS) is 14.0. The third-order valence-corrected chi connectivity index (χ3v) is 4.59. The van der Waals surface area contributed by atoms with Crippen molar-refractivity contribution in [3.8, 4) is 11.5 Å². The summed E-state index contributed by atoms with van der Waals surface area (Å²) in [5, 5.41) is 2.98. The zero-order valence-corrected chi connectivity index (χ0v) is 15.3. The van der Waals surface area contributed by atoms with Crippen LogP contribution in [0.1, 0.15) is 35.2 Å². The standard InChI is InChI=1S/C20H25N3O3/c1-25-17-9-8-15(13-18(17)26-2)14-22-20(24)16-7-6-10-21-19(16)23-11-4-3-5-12-23/h6-10,13H,3-5,11-12,14H2,1-2H3,(H,22,24). The molecule has 0 aliphatic carbocycles. The smallest absolute Gasteiger partial charge is 0.255 e. The van der Waals surface area contributed by atoms with E-state index in [-0.39, 0.29) is 5.91 Å². The molecule has 2 heterocycles. The Morgan fingerprint density at radius 3 is 2.62 bits per heavy atom. The molecular weight excluding hydrogens is 330 g/mol. The second kappa shape index (κ2) is 8.56. The largest absolute Gasteiger partial charge is 0.493 e. The van der Waals surface area contributed by atoms with Crippen molar-refractivity contribution in [3.05, 3.63) is 47.7 Å². The highest BCUT2D eigenvalue weighted by Crippen LogP contribution is 2.27. The molecule has 138 valence electrons. The van der Waals surface area contributed by atoms with Crippen molar-refractivity contribution in [3.63, 3.8) is 0 Å². The average molecular weight is 355 g/mol. The number of nitrogens with zero attached hydrogens (tertiary/aromatic N) is 2. The molecule has 6 nitrogen and oxygen atoms in total. The molecule has 3 rings (SSSR count). The number of hydrogen-bond donors (Lipinski definition) is 1. The number of aromatic nitrogens is 1. The van der Waals surface area contributed by atoms with Crippen LogP contribution < -0.4 is 19.7 Å². The van der Waals surface area contributed by atoms with E-state index < -0.39 is 0 Å². The van der Waals surface area contributed by atoms with Crippen LogP contribution in [0.25, 0.3) is 0 Å². The van der Waals surface area contributed by atoms with E-state index in [4.69, 9.17) is 9.47 Å².